The Morgan fingerprint density at radius 2 is 2.03 bits per heavy atom. The van der Waals surface area contributed by atoms with Crippen LogP contribution < -0.4 is 15.4 Å². The van der Waals surface area contributed by atoms with Crippen molar-refractivity contribution < 1.29 is 33.3 Å². The van der Waals surface area contributed by atoms with Crippen LogP contribution in [-0.4, -0.2) is 73.1 Å². The summed E-state index contributed by atoms with van der Waals surface area (Å²) >= 11 is 0. The summed E-state index contributed by atoms with van der Waals surface area (Å²) in [4.78, 5) is 29.8. The summed E-state index contributed by atoms with van der Waals surface area (Å²) in [7, 11) is 0. The van der Waals surface area contributed by atoms with Gasteiger partial charge in [-0.05, 0) is 43.0 Å². The number of hydrogen-bond donors (Lipinski definition) is 3. The largest absolute Gasteiger partial charge is 0.491 e. The zero-order chi connectivity index (χ0) is 25.1. The number of aliphatic hydroxyl groups is 1. The van der Waals surface area contributed by atoms with Gasteiger partial charge in [0.05, 0.1) is 42.7 Å². The molecule has 3 atom stereocenters. The van der Waals surface area contributed by atoms with E-state index in [0.29, 0.717) is 68.2 Å². The van der Waals surface area contributed by atoms with Gasteiger partial charge in [-0.2, -0.15) is 0 Å². The van der Waals surface area contributed by atoms with Crippen molar-refractivity contribution in [1.29, 1.82) is 0 Å². The SMILES string of the molecule is O=C(N[C@H]1CCOC[C@@H]1O)c1cc(Cc2ccc(C(=O)NC[C@H]3CCCO3)c(F)c2)c2c(n1)CCO2. The molecular weight excluding hydrogens is 469 g/mol. The number of pyridine rings is 1. The van der Waals surface area contributed by atoms with E-state index in [1.54, 1.807) is 12.1 Å². The molecule has 2 fully saturated rings. The van der Waals surface area contributed by atoms with E-state index in [9.17, 15) is 19.1 Å². The third kappa shape index (κ3) is 5.50. The first-order valence-corrected chi connectivity index (χ1v) is 12.4. The van der Waals surface area contributed by atoms with Crippen LogP contribution in [0.25, 0.3) is 0 Å². The first-order valence-electron chi connectivity index (χ1n) is 12.4. The fourth-order valence-corrected chi connectivity index (χ4v) is 4.80. The van der Waals surface area contributed by atoms with Gasteiger partial charge in [-0.15, -0.1) is 0 Å². The minimum absolute atomic E-state index is 0.0221. The van der Waals surface area contributed by atoms with E-state index in [0.717, 1.165) is 12.8 Å². The molecule has 9 nitrogen and oxygen atoms in total. The van der Waals surface area contributed by atoms with E-state index in [4.69, 9.17) is 14.2 Å². The molecule has 1 aromatic heterocycles. The maximum atomic E-state index is 14.8. The van der Waals surface area contributed by atoms with Crippen molar-refractivity contribution in [2.75, 3.05) is 33.0 Å². The number of nitrogens with zero attached hydrogens (tertiary/aromatic N) is 1. The first-order chi connectivity index (χ1) is 17.5. The molecule has 3 aliphatic heterocycles. The molecule has 2 aromatic rings. The monoisotopic (exact) mass is 499 g/mol. The Morgan fingerprint density at radius 1 is 1.14 bits per heavy atom. The molecule has 5 rings (SSSR count). The van der Waals surface area contributed by atoms with Crippen LogP contribution in [0.3, 0.4) is 0 Å². The third-order valence-electron chi connectivity index (χ3n) is 6.77. The van der Waals surface area contributed by atoms with Gasteiger partial charge in [0.1, 0.15) is 17.3 Å². The Hall–Kier alpha value is -3.08. The lowest BCUT2D eigenvalue weighted by Gasteiger charge is -2.28. The zero-order valence-electron chi connectivity index (χ0n) is 19.9. The number of benzene rings is 1. The van der Waals surface area contributed by atoms with Crippen LogP contribution in [0.5, 0.6) is 5.75 Å². The highest BCUT2D eigenvalue weighted by molar-refractivity contribution is 5.94. The number of carbonyl (C=O) groups excluding carboxylic acids is 2. The summed E-state index contributed by atoms with van der Waals surface area (Å²) in [5.74, 6) is -0.870. The van der Waals surface area contributed by atoms with E-state index in [1.807, 2.05) is 0 Å². The Balaban J connectivity index is 1.30. The van der Waals surface area contributed by atoms with Gasteiger partial charge in [-0.3, -0.25) is 9.59 Å². The van der Waals surface area contributed by atoms with Crippen LogP contribution in [0.2, 0.25) is 0 Å². The predicted molar refractivity (Wildman–Crippen MR) is 127 cm³/mol. The molecule has 0 unspecified atom stereocenters. The van der Waals surface area contributed by atoms with Gasteiger partial charge in [0.15, 0.2) is 0 Å². The fraction of sp³-hybridized carbons (Fsp3) is 0.500. The molecule has 0 spiro atoms. The minimum atomic E-state index is -0.774. The second kappa shape index (κ2) is 10.9. The normalized spacial score (nSPS) is 23.1. The first kappa shape index (κ1) is 24.6. The molecule has 2 saturated heterocycles. The van der Waals surface area contributed by atoms with Gasteiger partial charge in [0.25, 0.3) is 11.8 Å². The fourth-order valence-electron chi connectivity index (χ4n) is 4.80. The van der Waals surface area contributed by atoms with Crippen molar-refractivity contribution in [1.82, 2.24) is 15.6 Å². The third-order valence-corrected chi connectivity index (χ3v) is 6.77. The summed E-state index contributed by atoms with van der Waals surface area (Å²) in [5, 5.41) is 15.7. The topological polar surface area (TPSA) is 119 Å². The molecule has 3 aliphatic rings. The summed E-state index contributed by atoms with van der Waals surface area (Å²) in [6, 6.07) is 5.74. The lowest BCUT2D eigenvalue weighted by Crippen LogP contribution is -2.48. The van der Waals surface area contributed by atoms with Crippen molar-refractivity contribution in [3.05, 3.63) is 58.2 Å². The zero-order valence-corrected chi connectivity index (χ0v) is 19.9. The molecule has 2 amide bonds. The molecule has 0 radical (unpaired) electrons. The summed E-state index contributed by atoms with van der Waals surface area (Å²) < 4.78 is 31.3. The number of carbonyl (C=O) groups is 2. The molecule has 0 bridgehead atoms. The van der Waals surface area contributed by atoms with Gasteiger partial charge in [0, 0.05) is 38.2 Å². The predicted octanol–water partition coefficient (Wildman–Crippen LogP) is 1.53. The second-order valence-corrected chi connectivity index (χ2v) is 9.39. The van der Waals surface area contributed by atoms with Crippen LogP contribution in [0.4, 0.5) is 4.39 Å². The number of nitrogens with one attached hydrogen (secondary N) is 2. The maximum absolute atomic E-state index is 14.8. The Labute approximate surface area is 208 Å². The minimum Gasteiger partial charge on any atom is -0.491 e. The Morgan fingerprint density at radius 3 is 2.81 bits per heavy atom. The second-order valence-electron chi connectivity index (χ2n) is 9.39. The van der Waals surface area contributed by atoms with Crippen molar-refractivity contribution >= 4 is 11.8 Å². The number of ether oxygens (including phenoxy) is 3. The number of halogens is 1. The van der Waals surface area contributed by atoms with Crippen molar-refractivity contribution in [3.63, 3.8) is 0 Å². The summed E-state index contributed by atoms with van der Waals surface area (Å²) in [6.07, 6.45) is 2.44. The molecule has 3 N–H and O–H groups in total. The highest BCUT2D eigenvalue weighted by Crippen LogP contribution is 2.31. The summed E-state index contributed by atoms with van der Waals surface area (Å²) in [6.45, 7) is 2.14. The lowest BCUT2D eigenvalue weighted by atomic mass is 10.0. The lowest BCUT2D eigenvalue weighted by molar-refractivity contribution is -0.0261. The molecular formula is C26H30FN3O6. The van der Waals surface area contributed by atoms with E-state index in [1.165, 1.54) is 12.1 Å². The quantitative estimate of drug-likeness (QED) is 0.529. The molecule has 1 aromatic carbocycles. The van der Waals surface area contributed by atoms with E-state index >= 15 is 0 Å². The number of amides is 2. The van der Waals surface area contributed by atoms with E-state index in [-0.39, 0.29) is 29.9 Å². The van der Waals surface area contributed by atoms with Crippen LogP contribution in [-0.2, 0) is 22.3 Å². The highest BCUT2D eigenvalue weighted by Gasteiger charge is 2.28. The van der Waals surface area contributed by atoms with Gasteiger partial charge in [-0.25, -0.2) is 9.37 Å². The molecule has 0 saturated carbocycles. The van der Waals surface area contributed by atoms with Gasteiger partial charge >= 0.3 is 0 Å². The molecule has 10 heteroatoms. The average Bonchev–Trinajstić information content (AvgIpc) is 3.56. The molecule has 36 heavy (non-hydrogen) atoms. The number of hydrogen-bond acceptors (Lipinski definition) is 7. The van der Waals surface area contributed by atoms with Crippen molar-refractivity contribution in [3.8, 4) is 5.75 Å². The van der Waals surface area contributed by atoms with Crippen LogP contribution in [0.1, 0.15) is 56.9 Å². The molecule has 4 heterocycles. The number of rotatable bonds is 7. The van der Waals surface area contributed by atoms with Gasteiger partial charge in [-0.1, -0.05) is 6.07 Å². The van der Waals surface area contributed by atoms with Crippen molar-refractivity contribution in [2.45, 2.75) is 50.4 Å². The number of aromatic nitrogens is 1. The van der Waals surface area contributed by atoms with Crippen LogP contribution in [0, 0.1) is 5.82 Å². The average molecular weight is 500 g/mol. The van der Waals surface area contributed by atoms with Crippen LogP contribution >= 0.6 is 0 Å². The summed E-state index contributed by atoms with van der Waals surface area (Å²) in [5.41, 5.74) is 2.22. The standard InChI is InChI=1S/C26H30FN3O6/c27-19-11-15(3-4-18(19)25(32)28-13-17-2-1-7-35-17)10-16-12-22(29-21-6-9-36-24(16)21)26(33)30-20-5-8-34-14-23(20)31/h3-4,11-12,17,20,23,31H,1-2,5-10,13-14H2,(H,28,32)(H,30,33)/t17-,20+,23+/m1/s1. The Bertz CT molecular complexity index is 1140. The molecule has 0 aliphatic carbocycles. The Kier molecular flexibility index (Phi) is 7.45. The number of fused-ring (bicyclic) bond motifs is 1. The smallest absolute Gasteiger partial charge is 0.270 e. The van der Waals surface area contributed by atoms with Gasteiger partial charge < -0.3 is 30.0 Å². The number of aliphatic hydroxyl groups excluding tert-OH is 1. The maximum Gasteiger partial charge on any atom is 0.270 e. The van der Waals surface area contributed by atoms with E-state index < -0.39 is 23.9 Å². The van der Waals surface area contributed by atoms with Crippen LogP contribution in [0.15, 0.2) is 24.3 Å². The van der Waals surface area contributed by atoms with E-state index in [2.05, 4.69) is 15.6 Å². The molecule has 192 valence electrons. The highest BCUT2D eigenvalue weighted by atomic mass is 19.1. The van der Waals surface area contributed by atoms with Gasteiger partial charge in [0.2, 0.25) is 0 Å². The van der Waals surface area contributed by atoms with Crippen molar-refractivity contribution in [2.24, 2.45) is 0 Å².